The maximum Gasteiger partial charge on any atom is 0.225 e. The first-order chi connectivity index (χ1) is 13.1. The number of hydrogen-bond donors (Lipinski definition) is 2. The lowest BCUT2D eigenvalue weighted by molar-refractivity contribution is -0.116. The highest BCUT2D eigenvalue weighted by atomic mass is 16.5. The van der Waals surface area contributed by atoms with Gasteiger partial charge in [-0.05, 0) is 55.1 Å². The molecule has 0 aromatic heterocycles. The van der Waals surface area contributed by atoms with Gasteiger partial charge in [0.1, 0.15) is 0 Å². The molecule has 5 nitrogen and oxygen atoms in total. The number of amides is 1. The van der Waals surface area contributed by atoms with Crippen LogP contribution in [0.4, 0.5) is 5.69 Å². The Morgan fingerprint density at radius 2 is 1.81 bits per heavy atom. The summed E-state index contributed by atoms with van der Waals surface area (Å²) >= 11 is 0. The van der Waals surface area contributed by atoms with Gasteiger partial charge in [0.25, 0.3) is 0 Å². The number of methoxy groups -OCH3 is 2. The molecule has 0 bridgehead atoms. The van der Waals surface area contributed by atoms with Gasteiger partial charge in [-0.1, -0.05) is 31.2 Å². The molecule has 0 unspecified atom stereocenters. The minimum absolute atomic E-state index is 0.0395. The summed E-state index contributed by atoms with van der Waals surface area (Å²) in [5.41, 5.74) is 4.39. The van der Waals surface area contributed by atoms with Crippen molar-refractivity contribution in [3.8, 4) is 11.5 Å². The fraction of sp³-hybridized carbons (Fsp3) is 0.409. The lowest BCUT2D eigenvalue weighted by Crippen LogP contribution is -2.24. The first-order valence-corrected chi connectivity index (χ1v) is 9.39. The fourth-order valence-corrected chi connectivity index (χ4v) is 3.00. The van der Waals surface area contributed by atoms with Gasteiger partial charge in [0, 0.05) is 18.7 Å². The zero-order valence-electron chi connectivity index (χ0n) is 16.7. The largest absolute Gasteiger partial charge is 0.493 e. The minimum Gasteiger partial charge on any atom is -0.493 e. The third-order valence-corrected chi connectivity index (χ3v) is 4.57. The molecule has 2 aromatic rings. The molecular weight excluding hydrogens is 340 g/mol. The molecule has 0 aliphatic rings. The zero-order chi connectivity index (χ0) is 19.6. The third kappa shape index (κ3) is 6.00. The average molecular weight is 370 g/mol. The first-order valence-electron chi connectivity index (χ1n) is 9.39. The minimum atomic E-state index is 0.0395. The average Bonchev–Trinajstić information content (AvgIpc) is 2.69. The topological polar surface area (TPSA) is 59.6 Å². The number of anilines is 1. The van der Waals surface area contributed by atoms with Gasteiger partial charge in [0.15, 0.2) is 11.5 Å². The molecule has 0 aliphatic carbocycles. The summed E-state index contributed by atoms with van der Waals surface area (Å²) in [5, 5.41) is 6.38. The summed E-state index contributed by atoms with van der Waals surface area (Å²) in [7, 11) is 3.27. The molecule has 0 fully saturated rings. The Morgan fingerprint density at radius 3 is 2.52 bits per heavy atom. The van der Waals surface area contributed by atoms with Crippen LogP contribution in [0.25, 0.3) is 0 Å². The molecule has 146 valence electrons. The van der Waals surface area contributed by atoms with Crippen molar-refractivity contribution in [1.82, 2.24) is 5.32 Å². The van der Waals surface area contributed by atoms with Gasteiger partial charge in [-0.2, -0.15) is 0 Å². The Hall–Kier alpha value is -2.53. The van der Waals surface area contributed by atoms with Crippen molar-refractivity contribution in [2.45, 2.75) is 33.1 Å². The molecule has 0 radical (unpaired) electrons. The standard InChI is InChI=1S/C22H30N2O3/c1-5-18-8-6-7-16(2)22(18)24-21(25)12-14-23-13-11-17-9-10-19(26-3)20(15-17)27-4/h6-10,15,23H,5,11-14H2,1-4H3,(H,24,25). The van der Waals surface area contributed by atoms with Crippen molar-refractivity contribution in [1.29, 1.82) is 0 Å². The number of nitrogens with one attached hydrogen (secondary N) is 2. The molecular formula is C22H30N2O3. The number of ether oxygens (including phenoxy) is 2. The van der Waals surface area contributed by atoms with Crippen LogP contribution in [0.5, 0.6) is 11.5 Å². The normalized spacial score (nSPS) is 10.5. The summed E-state index contributed by atoms with van der Waals surface area (Å²) in [4.78, 5) is 12.2. The number of rotatable bonds is 10. The second-order valence-corrected chi connectivity index (χ2v) is 6.45. The SMILES string of the molecule is CCc1cccc(C)c1NC(=O)CCNCCc1ccc(OC)c(OC)c1. The molecule has 2 N–H and O–H groups in total. The number of carbonyl (C=O) groups is 1. The van der Waals surface area contributed by atoms with Crippen LogP contribution in [0, 0.1) is 6.92 Å². The van der Waals surface area contributed by atoms with Gasteiger partial charge in [-0.15, -0.1) is 0 Å². The molecule has 2 rings (SSSR count). The molecule has 0 spiro atoms. The zero-order valence-corrected chi connectivity index (χ0v) is 16.7. The van der Waals surface area contributed by atoms with E-state index in [4.69, 9.17) is 9.47 Å². The van der Waals surface area contributed by atoms with E-state index in [1.54, 1.807) is 14.2 Å². The quantitative estimate of drug-likeness (QED) is 0.626. The van der Waals surface area contributed by atoms with Crippen LogP contribution in [0.15, 0.2) is 36.4 Å². The van der Waals surface area contributed by atoms with Crippen LogP contribution in [-0.4, -0.2) is 33.2 Å². The van der Waals surface area contributed by atoms with E-state index in [1.807, 2.05) is 37.3 Å². The van der Waals surface area contributed by atoms with Crippen molar-refractivity contribution in [2.24, 2.45) is 0 Å². The maximum atomic E-state index is 12.2. The van der Waals surface area contributed by atoms with Gasteiger partial charge in [-0.3, -0.25) is 4.79 Å². The maximum absolute atomic E-state index is 12.2. The van der Waals surface area contributed by atoms with E-state index < -0.39 is 0 Å². The molecule has 1 amide bonds. The highest BCUT2D eigenvalue weighted by Crippen LogP contribution is 2.27. The van der Waals surface area contributed by atoms with Crippen molar-refractivity contribution < 1.29 is 14.3 Å². The van der Waals surface area contributed by atoms with E-state index in [9.17, 15) is 4.79 Å². The van der Waals surface area contributed by atoms with Crippen molar-refractivity contribution in [3.05, 3.63) is 53.1 Å². The first kappa shape index (κ1) is 20.8. The second kappa shape index (κ2) is 10.6. The van der Waals surface area contributed by atoms with E-state index in [-0.39, 0.29) is 5.91 Å². The lowest BCUT2D eigenvalue weighted by atomic mass is 10.1. The monoisotopic (exact) mass is 370 g/mol. The smallest absolute Gasteiger partial charge is 0.225 e. The summed E-state index contributed by atoms with van der Waals surface area (Å²) in [6.07, 6.45) is 2.21. The molecule has 0 atom stereocenters. The van der Waals surface area contributed by atoms with E-state index in [2.05, 4.69) is 23.6 Å². The second-order valence-electron chi connectivity index (χ2n) is 6.45. The molecule has 27 heavy (non-hydrogen) atoms. The van der Waals surface area contributed by atoms with Crippen LogP contribution in [0.1, 0.15) is 30.0 Å². The van der Waals surface area contributed by atoms with Crippen LogP contribution < -0.4 is 20.1 Å². The number of aryl methyl sites for hydroxylation is 2. The number of benzene rings is 2. The number of carbonyl (C=O) groups excluding carboxylic acids is 1. The highest BCUT2D eigenvalue weighted by Gasteiger charge is 2.08. The van der Waals surface area contributed by atoms with Crippen LogP contribution in [0.2, 0.25) is 0 Å². The molecule has 0 saturated carbocycles. The van der Waals surface area contributed by atoms with Gasteiger partial charge >= 0.3 is 0 Å². The Morgan fingerprint density at radius 1 is 1.04 bits per heavy atom. The van der Waals surface area contributed by atoms with Crippen molar-refractivity contribution in [3.63, 3.8) is 0 Å². The molecule has 0 aliphatic heterocycles. The predicted molar refractivity (Wildman–Crippen MR) is 110 cm³/mol. The molecule has 2 aromatic carbocycles. The molecule has 0 heterocycles. The van der Waals surface area contributed by atoms with Crippen molar-refractivity contribution >= 4 is 11.6 Å². The van der Waals surface area contributed by atoms with E-state index in [0.717, 1.165) is 47.7 Å². The van der Waals surface area contributed by atoms with Gasteiger partial charge in [-0.25, -0.2) is 0 Å². The summed E-state index contributed by atoms with van der Waals surface area (Å²) in [6, 6.07) is 12.0. The number of hydrogen-bond acceptors (Lipinski definition) is 4. The third-order valence-electron chi connectivity index (χ3n) is 4.57. The molecule has 5 heteroatoms. The fourth-order valence-electron chi connectivity index (χ4n) is 3.00. The Balaban J connectivity index is 1.75. The van der Waals surface area contributed by atoms with Crippen molar-refractivity contribution in [2.75, 3.05) is 32.6 Å². The van der Waals surface area contributed by atoms with E-state index in [0.29, 0.717) is 13.0 Å². The highest BCUT2D eigenvalue weighted by molar-refractivity contribution is 5.92. The predicted octanol–water partition coefficient (Wildman–Crippen LogP) is 3.74. The Labute approximate surface area is 162 Å². The van der Waals surface area contributed by atoms with E-state index >= 15 is 0 Å². The van der Waals surface area contributed by atoms with Gasteiger partial charge < -0.3 is 20.1 Å². The van der Waals surface area contributed by atoms with E-state index in [1.165, 1.54) is 5.56 Å². The Bertz CT molecular complexity index is 759. The van der Waals surface area contributed by atoms with Gasteiger partial charge in [0.2, 0.25) is 5.91 Å². The van der Waals surface area contributed by atoms with Crippen LogP contribution in [-0.2, 0) is 17.6 Å². The van der Waals surface area contributed by atoms with Gasteiger partial charge in [0.05, 0.1) is 14.2 Å². The van der Waals surface area contributed by atoms with Crippen LogP contribution >= 0.6 is 0 Å². The molecule has 0 saturated heterocycles. The summed E-state index contributed by atoms with van der Waals surface area (Å²) in [6.45, 7) is 5.57. The lowest BCUT2D eigenvalue weighted by Gasteiger charge is -2.13. The number of para-hydroxylation sites is 1. The Kier molecular flexibility index (Phi) is 8.14. The summed E-state index contributed by atoms with van der Waals surface area (Å²) in [5.74, 6) is 1.51. The van der Waals surface area contributed by atoms with Crippen LogP contribution in [0.3, 0.4) is 0 Å². The summed E-state index contributed by atoms with van der Waals surface area (Å²) < 4.78 is 10.6.